The maximum Gasteiger partial charge on any atom is 0.435 e. The molecule has 0 aliphatic heterocycles. The van der Waals surface area contributed by atoms with Gasteiger partial charge in [-0.3, -0.25) is 4.79 Å². The zero-order valence-corrected chi connectivity index (χ0v) is 13.4. The van der Waals surface area contributed by atoms with Gasteiger partial charge in [0.15, 0.2) is 10.8 Å². The van der Waals surface area contributed by atoms with Crippen molar-refractivity contribution in [3.63, 3.8) is 0 Å². The Bertz CT molecular complexity index is 696. The molecule has 10 heteroatoms. The summed E-state index contributed by atoms with van der Waals surface area (Å²) in [6.07, 6.45) is -4.79. The molecule has 0 atom stereocenters. The summed E-state index contributed by atoms with van der Waals surface area (Å²) in [6.45, 7) is 1.42. The first-order chi connectivity index (χ1) is 10.8. The van der Waals surface area contributed by atoms with Gasteiger partial charge in [-0.05, 0) is 18.4 Å². The Kier molecular flexibility index (Phi) is 5.37. The molecule has 0 aliphatic carbocycles. The Morgan fingerprint density at radius 1 is 1.39 bits per heavy atom. The third-order valence-electron chi connectivity index (χ3n) is 2.52. The summed E-state index contributed by atoms with van der Waals surface area (Å²) in [5.41, 5.74) is -1.35. The molecule has 0 aliphatic rings. The number of carbonyl (C=O) groups is 2. The lowest BCUT2D eigenvalue weighted by Gasteiger charge is -2.04. The van der Waals surface area contributed by atoms with E-state index in [1.54, 1.807) is 17.5 Å². The van der Waals surface area contributed by atoms with Gasteiger partial charge in [0.1, 0.15) is 4.88 Å². The quantitative estimate of drug-likeness (QED) is 0.824. The van der Waals surface area contributed by atoms with Gasteiger partial charge >= 0.3 is 12.1 Å². The summed E-state index contributed by atoms with van der Waals surface area (Å²) in [5, 5.41) is 3.77. The Balaban J connectivity index is 2.19. The second-order valence-corrected chi connectivity index (χ2v) is 6.25. The molecular weight excluding hydrogens is 353 g/mol. The van der Waals surface area contributed by atoms with Crippen LogP contribution in [0.2, 0.25) is 0 Å². The molecule has 0 fully saturated rings. The topological polar surface area (TPSA) is 68.3 Å². The first-order valence-corrected chi connectivity index (χ1v) is 8.08. The molecule has 0 unspecified atom stereocenters. The highest BCUT2D eigenvalue weighted by Gasteiger charge is 2.40. The summed E-state index contributed by atoms with van der Waals surface area (Å²) < 4.78 is 43.4. The molecule has 124 valence electrons. The van der Waals surface area contributed by atoms with Crippen LogP contribution in [0.15, 0.2) is 17.5 Å². The number of anilines is 1. The van der Waals surface area contributed by atoms with E-state index in [9.17, 15) is 22.8 Å². The number of nitrogens with zero attached hydrogens (tertiary/aromatic N) is 1. The van der Waals surface area contributed by atoms with Gasteiger partial charge in [-0.15, -0.1) is 11.3 Å². The molecule has 0 saturated heterocycles. The number of carbonyl (C=O) groups excluding carboxylic acids is 2. The van der Waals surface area contributed by atoms with Crippen LogP contribution >= 0.6 is 22.7 Å². The van der Waals surface area contributed by atoms with Crippen LogP contribution < -0.4 is 5.32 Å². The van der Waals surface area contributed by atoms with Crippen molar-refractivity contribution in [3.05, 3.63) is 33.0 Å². The number of amides is 1. The van der Waals surface area contributed by atoms with E-state index >= 15 is 0 Å². The summed E-state index contributed by atoms with van der Waals surface area (Å²) >= 11 is 1.80. The van der Waals surface area contributed by atoms with Gasteiger partial charge in [0.25, 0.3) is 0 Å². The lowest BCUT2D eigenvalue weighted by Crippen LogP contribution is -2.15. The largest absolute Gasteiger partial charge is 0.462 e. The number of esters is 1. The van der Waals surface area contributed by atoms with E-state index in [1.807, 2.05) is 0 Å². The Morgan fingerprint density at radius 2 is 2.13 bits per heavy atom. The maximum atomic E-state index is 12.9. The molecule has 5 nitrogen and oxygen atoms in total. The van der Waals surface area contributed by atoms with E-state index in [0.717, 1.165) is 4.88 Å². The second kappa shape index (κ2) is 7.09. The van der Waals surface area contributed by atoms with Crippen molar-refractivity contribution in [2.45, 2.75) is 19.5 Å². The second-order valence-electron chi connectivity index (χ2n) is 4.22. The van der Waals surface area contributed by atoms with E-state index in [1.165, 1.54) is 18.3 Å². The number of rotatable bonds is 5. The zero-order chi connectivity index (χ0) is 17.0. The van der Waals surface area contributed by atoms with Crippen LogP contribution in [0.25, 0.3) is 0 Å². The highest BCUT2D eigenvalue weighted by molar-refractivity contribution is 7.17. The molecular formula is C13H11F3N2O3S2. The van der Waals surface area contributed by atoms with Gasteiger partial charge in [-0.25, -0.2) is 9.78 Å². The fourth-order valence-corrected chi connectivity index (χ4v) is 3.23. The van der Waals surface area contributed by atoms with E-state index < -0.39 is 28.6 Å². The van der Waals surface area contributed by atoms with Gasteiger partial charge < -0.3 is 10.1 Å². The number of hydrogen-bond acceptors (Lipinski definition) is 6. The first kappa shape index (κ1) is 17.4. The molecule has 1 N–H and O–H groups in total. The molecule has 0 radical (unpaired) electrons. The number of nitrogens with one attached hydrogen (secondary N) is 1. The van der Waals surface area contributed by atoms with Crippen LogP contribution in [0.5, 0.6) is 0 Å². The van der Waals surface area contributed by atoms with E-state index in [4.69, 9.17) is 0 Å². The lowest BCUT2D eigenvalue weighted by atomic mass is 10.3. The lowest BCUT2D eigenvalue weighted by molar-refractivity contribution is -0.141. The third kappa shape index (κ3) is 4.52. The third-order valence-corrected chi connectivity index (χ3v) is 4.34. The molecule has 0 aromatic carbocycles. The summed E-state index contributed by atoms with van der Waals surface area (Å²) in [6, 6.07) is 3.49. The van der Waals surface area contributed by atoms with Crippen molar-refractivity contribution >= 4 is 39.7 Å². The smallest absolute Gasteiger partial charge is 0.435 e. The molecule has 0 spiro atoms. The molecule has 2 aromatic heterocycles. The zero-order valence-electron chi connectivity index (χ0n) is 11.8. The number of thiophene rings is 1. The summed E-state index contributed by atoms with van der Waals surface area (Å²) in [5.74, 6) is -1.62. The van der Waals surface area contributed by atoms with Crippen molar-refractivity contribution in [1.29, 1.82) is 0 Å². The fraction of sp³-hybridized carbons (Fsp3) is 0.308. The molecule has 0 bridgehead atoms. The van der Waals surface area contributed by atoms with Gasteiger partial charge in [0, 0.05) is 4.88 Å². The van der Waals surface area contributed by atoms with Crippen LogP contribution in [-0.4, -0.2) is 23.5 Å². The normalized spacial score (nSPS) is 11.3. The van der Waals surface area contributed by atoms with Gasteiger partial charge in [-0.1, -0.05) is 17.4 Å². The van der Waals surface area contributed by atoms with Crippen LogP contribution in [0.1, 0.15) is 27.2 Å². The molecule has 1 amide bonds. The molecule has 0 saturated carbocycles. The van der Waals surface area contributed by atoms with E-state index in [-0.39, 0.29) is 18.2 Å². The fourth-order valence-electron chi connectivity index (χ4n) is 1.64. The highest BCUT2D eigenvalue weighted by Crippen LogP contribution is 2.36. The Morgan fingerprint density at radius 3 is 2.70 bits per heavy atom. The van der Waals surface area contributed by atoms with Crippen molar-refractivity contribution in [1.82, 2.24) is 4.98 Å². The monoisotopic (exact) mass is 364 g/mol. The number of halogens is 3. The number of alkyl halides is 3. The predicted octanol–water partition coefficient (Wildman–Crippen LogP) is 3.58. The minimum atomic E-state index is -4.81. The average Bonchev–Trinajstić information content (AvgIpc) is 3.07. The van der Waals surface area contributed by atoms with Crippen LogP contribution in [0.4, 0.5) is 18.3 Å². The van der Waals surface area contributed by atoms with Crippen molar-refractivity contribution < 1.29 is 27.5 Å². The predicted molar refractivity (Wildman–Crippen MR) is 79.7 cm³/mol. The SMILES string of the molecule is CCOC(=O)c1sc(NC(=O)Cc2cccs2)nc1C(F)(F)F. The standard InChI is InChI=1S/C13H11F3N2O3S2/c1-2-21-11(20)9-10(13(14,15)16)18-12(23-9)17-8(19)6-7-4-3-5-22-7/h3-5H,2,6H2,1H3,(H,17,18,19). The molecule has 2 aromatic rings. The van der Waals surface area contributed by atoms with Crippen LogP contribution in [0.3, 0.4) is 0 Å². The Hall–Kier alpha value is -1.94. The maximum absolute atomic E-state index is 12.9. The van der Waals surface area contributed by atoms with Crippen molar-refractivity contribution in [3.8, 4) is 0 Å². The minimum absolute atomic E-state index is 0.0212. The van der Waals surface area contributed by atoms with Crippen molar-refractivity contribution in [2.75, 3.05) is 11.9 Å². The van der Waals surface area contributed by atoms with Gasteiger partial charge in [-0.2, -0.15) is 13.2 Å². The Labute approximate surface area is 137 Å². The summed E-state index contributed by atoms with van der Waals surface area (Å²) in [7, 11) is 0. The first-order valence-electron chi connectivity index (χ1n) is 6.38. The highest BCUT2D eigenvalue weighted by atomic mass is 32.1. The number of hydrogen-bond donors (Lipinski definition) is 1. The molecule has 2 rings (SSSR count). The number of aromatic nitrogens is 1. The van der Waals surface area contributed by atoms with Crippen LogP contribution in [0, 0.1) is 0 Å². The molecule has 2 heterocycles. The van der Waals surface area contributed by atoms with Gasteiger partial charge in [0.2, 0.25) is 5.91 Å². The number of ether oxygens (including phenoxy) is 1. The average molecular weight is 364 g/mol. The van der Waals surface area contributed by atoms with Crippen molar-refractivity contribution in [2.24, 2.45) is 0 Å². The van der Waals surface area contributed by atoms with E-state index in [2.05, 4.69) is 15.0 Å². The van der Waals surface area contributed by atoms with E-state index in [0.29, 0.717) is 11.3 Å². The number of thiazole rings is 1. The summed E-state index contributed by atoms with van der Waals surface area (Å²) in [4.78, 5) is 26.8. The molecule has 23 heavy (non-hydrogen) atoms. The minimum Gasteiger partial charge on any atom is -0.462 e. The van der Waals surface area contributed by atoms with Gasteiger partial charge in [0.05, 0.1) is 13.0 Å². The van der Waals surface area contributed by atoms with Crippen LogP contribution in [-0.2, 0) is 22.1 Å².